The fraction of sp³-hybridized carbons (Fsp3) is 0.143. The van der Waals surface area contributed by atoms with Crippen LogP contribution in [0.15, 0.2) is 97.1 Å². The molecule has 0 aliphatic heterocycles. The molecule has 0 radical (unpaired) electrons. The van der Waals surface area contributed by atoms with Crippen LogP contribution in [0.25, 0.3) is 0 Å². The standard InChI is InChI=1S/4C7H7O.Pb/c4*1-8-7-5-3-2-4-6-7;/h4*3-6H,1H3;. The molecule has 33 heavy (non-hydrogen) atoms. The molecular formula is C28H28O4Pb. The second-order valence-corrected chi connectivity index (χ2v) is 22.5. The van der Waals surface area contributed by atoms with Crippen molar-refractivity contribution in [2.24, 2.45) is 0 Å². The van der Waals surface area contributed by atoms with Gasteiger partial charge in [-0.15, -0.1) is 0 Å². The van der Waals surface area contributed by atoms with Crippen LogP contribution in [0.3, 0.4) is 0 Å². The third-order valence-corrected chi connectivity index (χ3v) is 24.7. The van der Waals surface area contributed by atoms with Gasteiger partial charge in [0, 0.05) is 0 Å². The Balaban J connectivity index is 2.05. The Morgan fingerprint density at radius 1 is 0.333 bits per heavy atom. The molecule has 0 atom stereocenters. The molecule has 0 aliphatic rings. The van der Waals surface area contributed by atoms with Crippen molar-refractivity contribution < 1.29 is 18.9 Å². The first-order chi connectivity index (χ1) is 16.1. The van der Waals surface area contributed by atoms with Crippen LogP contribution in [0.5, 0.6) is 23.0 Å². The molecule has 0 spiro atoms. The van der Waals surface area contributed by atoms with Gasteiger partial charge in [-0.3, -0.25) is 0 Å². The van der Waals surface area contributed by atoms with Crippen LogP contribution < -0.4 is 31.4 Å². The number of rotatable bonds is 8. The minimum atomic E-state index is -3.91. The van der Waals surface area contributed by atoms with Gasteiger partial charge in [-0.1, -0.05) is 0 Å². The average molecular weight is 636 g/mol. The fourth-order valence-corrected chi connectivity index (χ4v) is 22.5. The van der Waals surface area contributed by atoms with E-state index in [-0.39, 0.29) is 0 Å². The van der Waals surface area contributed by atoms with Crippen LogP contribution >= 0.6 is 0 Å². The summed E-state index contributed by atoms with van der Waals surface area (Å²) < 4.78 is 27.2. The molecule has 0 saturated heterocycles. The molecule has 4 nitrogen and oxygen atoms in total. The summed E-state index contributed by atoms with van der Waals surface area (Å²) in [6.45, 7) is 0. The van der Waals surface area contributed by atoms with E-state index in [1.807, 2.05) is 0 Å². The van der Waals surface area contributed by atoms with Crippen molar-refractivity contribution in [3.63, 3.8) is 0 Å². The van der Waals surface area contributed by atoms with Crippen molar-refractivity contribution in [3.8, 4) is 23.0 Å². The van der Waals surface area contributed by atoms with Crippen LogP contribution in [-0.4, -0.2) is 49.6 Å². The van der Waals surface area contributed by atoms with Gasteiger partial charge in [0.05, 0.1) is 0 Å². The van der Waals surface area contributed by atoms with E-state index < -0.39 is 21.2 Å². The summed E-state index contributed by atoms with van der Waals surface area (Å²) in [5.41, 5.74) is 0. The molecule has 0 amide bonds. The Bertz CT molecular complexity index is 973. The summed E-state index contributed by atoms with van der Waals surface area (Å²) in [7, 11) is 6.79. The first-order valence-electron chi connectivity index (χ1n) is 10.7. The predicted octanol–water partition coefficient (Wildman–Crippen LogP) is 3.10. The van der Waals surface area contributed by atoms with Gasteiger partial charge >= 0.3 is 201 Å². The van der Waals surface area contributed by atoms with Crippen molar-refractivity contribution in [1.29, 1.82) is 0 Å². The maximum atomic E-state index is 5.46. The van der Waals surface area contributed by atoms with Crippen molar-refractivity contribution in [2.45, 2.75) is 0 Å². The Hall–Kier alpha value is -3.00. The van der Waals surface area contributed by atoms with Gasteiger partial charge in [0.2, 0.25) is 0 Å². The molecule has 168 valence electrons. The summed E-state index contributed by atoms with van der Waals surface area (Å²) in [6, 6.07) is 34.2. The molecule has 0 bridgehead atoms. The van der Waals surface area contributed by atoms with Gasteiger partial charge in [0.15, 0.2) is 0 Å². The molecule has 5 heteroatoms. The number of benzene rings is 4. The molecule has 4 aromatic carbocycles. The molecule has 0 fully saturated rings. The SMILES string of the molecule is COc1cc[c]([Pb]([c]2ccc(OC)cc2)([c]2ccc(OC)cc2)[c]2ccc(OC)cc2)cc1. The summed E-state index contributed by atoms with van der Waals surface area (Å²) in [5, 5.41) is 0. The second-order valence-electron chi connectivity index (χ2n) is 7.66. The maximum absolute atomic E-state index is 5.46. The zero-order valence-electron chi connectivity index (χ0n) is 19.4. The number of methoxy groups -OCH3 is 4. The molecule has 0 aromatic heterocycles. The molecule has 4 rings (SSSR count). The number of ether oxygens (including phenoxy) is 4. The van der Waals surface area contributed by atoms with Gasteiger partial charge in [0.1, 0.15) is 0 Å². The first-order valence-corrected chi connectivity index (χ1v) is 18.5. The van der Waals surface area contributed by atoms with Crippen LogP contribution in [0.2, 0.25) is 0 Å². The monoisotopic (exact) mass is 636 g/mol. The van der Waals surface area contributed by atoms with Crippen molar-refractivity contribution in [3.05, 3.63) is 97.1 Å². The van der Waals surface area contributed by atoms with Crippen molar-refractivity contribution in [2.75, 3.05) is 28.4 Å². The van der Waals surface area contributed by atoms with E-state index >= 15 is 0 Å². The van der Waals surface area contributed by atoms with E-state index in [1.54, 1.807) is 28.4 Å². The summed E-state index contributed by atoms with van der Waals surface area (Å²) >= 11 is -3.91. The van der Waals surface area contributed by atoms with E-state index in [0.717, 1.165) is 23.0 Å². The van der Waals surface area contributed by atoms with Crippen molar-refractivity contribution >= 4 is 33.7 Å². The van der Waals surface area contributed by atoms with Gasteiger partial charge in [-0.05, 0) is 0 Å². The van der Waals surface area contributed by atoms with Gasteiger partial charge < -0.3 is 0 Å². The quantitative estimate of drug-likeness (QED) is 0.279. The molecule has 4 aromatic rings. The first kappa shape index (κ1) is 23.2. The Morgan fingerprint density at radius 3 is 0.667 bits per heavy atom. The third kappa shape index (κ3) is 4.44. The molecule has 0 saturated carbocycles. The zero-order valence-corrected chi connectivity index (χ0v) is 23.3. The summed E-state index contributed by atoms with van der Waals surface area (Å²) in [4.78, 5) is 0. The van der Waals surface area contributed by atoms with Gasteiger partial charge in [0.25, 0.3) is 0 Å². The van der Waals surface area contributed by atoms with E-state index in [9.17, 15) is 0 Å². The Morgan fingerprint density at radius 2 is 0.515 bits per heavy atom. The van der Waals surface area contributed by atoms with Crippen LogP contribution in [0, 0.1) is 0 Å². The average Bonchev–Trinajstić information content (AvgIpc) is 2.90. The van der Waals surface area contributed by atoms with Crippen LogP contribution in [-0.2, 0) is 0 Å². The predicted molar refractivity (Wildman–Crippen MR) is 136 cm³/mol. The van der Waals surface area contributed by atoms with E-state index in [4.69, 9.17) is 18.9 Å². The van der Waals surface area contributed by atoms with Gasteiger partial charge in [-0.2, -0.15) is 0 Å². The van der Waals surface area contributed by atoms with Crippen LogP contribution in [0.4, 0.5) is 0 Å². The topological polar surface area (TPSA) is 36.9 Å². The van der Waals surface area contributed by atoms with Crippen LogP contribution in [0.1, 0.15) is 0 Å². The molecular weight excluding hydrogens is 608 g/mol. The van der Waals surface area contributed by atoms with E-state index in [0.29, 0.717) is 0 Å². The summed E-state index contributed by atoms with van der Waals surface area (Å²) in [5.74, 6) is 3.39. The second kappa shape index (κ2) is 10.3. The van der Waals surface area contributed by atoms with Gasteiger partial charge in [-0.25, -0.2) is 0 Å². The van der Waals surface area contributed by atoms with E-state index in [1.165, 1.54) is 12.5 Å². The number of hydrogen-bond acceptors (Lipinski definition) is 4. The molecule has 0 N–H and O–H groups in total. The Labute approximate surface area is 200 Å². The van der Waals surface area contributed by atoms with Crippen molar-refractivity contribution in [1.82, 2.24) is 0 Å². The third-order valence-electron chi connectivity index (χ3n) is 6.09. The van der Waals surface area contributed by atoms with E-state index in [2.05, 4.69) is 97.1 Å². The molecule has 0 heterocycles. The molecule has 0 unspecified atom stereocenters. The molecule has 0 aliphatic carbocycles. The minimum absolute atomic E-state index is 0.847. The zero-order chi connectivity index (χ0) is 23.3. The normalized spacial score (nSPS) is 11.0. The fourth-order valence-electron chi connectivity index (χ4n) is 4.36. The Kier molecular flexibility index (Phi) is 7.23. The summed E-state index contributed by atoms with van der Waals surface area (Å²) in [6.07, 6.45) is 0. The number of hydrogen-bond donors (Lipinski definition) is 0.